The lowest BCUT2D eigenvalue weighted by Gasteiger charge is -2.25. The molecule has 0 unspecified atom stereocenters. The van der Waals surface area contributed by atoms with Gasteiger partial charge in [-0.2, -0.15) is 0 Å². The van der Waals surface area contributed by atoms with Crippen LogP contribution in [0.3, 0.4) is 0 Å². The Balaban J connectivity index is 2.24. The second-order valence-corrected chi connectivity index (χ2v) is 3.85. The molecule has 0 radical (unpaired) electrons. The van der Waals surface area contributed by atoms with Crippen molar-refractivity contribution in [2.24, 2.45) is 0 Å². The smallest absolute Gasteiger partial charge is 0.354 e. The number of nitrogens with zero attached hydrogens (tertiary/aromatic N) is 2. The maximum atomic E-state index is 12.0. The highest BCUT2D eigenvalue weighted by Crippen LogP contribution is 2.06. The van der Waals surface area contributed by atoms with Crippen LogP contribution >= 0.6 is 0 Å². The molecular weight excluding hydrogens is 254 g/mol. The van der Waals surface area contributed by atoms with Crippen molar-refractivity contribution in [3.63, 3.8) is 0 Å². The minimum atomic E-state index is -1.26. The van der Waals surface area contributed by atoms with Gasteiger partial charge in [-0.1, -0.05) is 6.07 Å². The molecule has 1 aliphatic heterocycles. The van der Waals surface area contributed by atoms with Crippen LogP contribution in [0, 0.1) is 0 Å². The van der Waals surface area contributed by atoms with Crippen molar-refractivity contribution in [2.75, 3.05) is 13.1 Å². The lowest BCUT2D eigenvalue weighted by atomic mass is 10.2. The van der Waals surface area contributed by atoms with Gasteiger partial charge in [0.05, 0.1) is 0 Å². The number of rotatable bonds is 2. The zero-order valence-corrected chi connectivity index (χ0v) is 9.62. The molecule has 2 heterocycles. The number of pyridine rings is 1. The number of hydrogen-bond acceptors (Lipinski definition) is 5. The number of amides is 3. The number of piperazine rings is 1. The predicted molar refractivity (Wildman–Crippen MR) is 60.2 cm³/mol. The van der Waals surface area contributed by atoms with Crippen LogP contribution in [0.5, 0.6) is 0 Å². The average Bonchev–Trinajstić information content (AvgIpc) is 2.37. The Kier molecular flexibility index (Phi) is 3.23. The van der Waals surface area contributed by atoms with Crippen molar-refractivity contribution in [2.45, 2.75) is 0 Å². The van der Waals surface area contributed by atoms with Crippen LogP contribution in [-0.4, -0.2) is 51.8 Å². The molecule has 98 valence electrons. The fourth-order valence-electron chi connectivity index (χ4n) is 1.62. The quantitative estimate of drug-likeness (QED) is 0.653. The Morgan fingerprint density at radius 2 is 1.74 bits per heavy atom. The summed E-state index contributed by atoms with van der Waals surface area (Å²) in [4.78, 5) is 49.7. The zero-order chi connectivity index (χ0) is 14.0. The standard InChI is InChI=1S/C11H9N3O5/c15-8-4-14(5-9(16)13-8)10(17)6-2-1-3-7(12-6)11(18)19/h1-3H,4-5H2,(H,18,19)(H,13,15,16). The first-order valence-electron chi connectivity index (χ1n) is 5.29. The summed E-state index contributed by atoms with van der Waals surface area (Å²) in [6.45, 7) is -0.521. The molecule has 0 aliphatic carbocycles. The van der Waals surface area contributed by atoms with Crippen LogP contribution in [-0.2, 0) is 9.59 Å². The summed E-state index contributed by atoms with van der Waals surface area (Å²) in [5, 5.41) is 10.8. The van der Waals surface area contributed by atoms with Crippen LogP contribution < -0.4 is 5.32 Å². The average molecular weight is 263 g/mol. The summed E-state index contributed by atoms with van der Waals surface area (Å²) < 4.78 is 0. The highest BCUT2D eigenvalue weighted by Gasteiger charge is 2.28. The van der Waals surface area contributed by atoms with Crippen LogP contribution in [0.15, 0.2) is 18.2 Å². The first kappa shape index (κ1) is 12.7. The number of carboxylic acids is 1. The Morgan fingerprint density at radius 3 is 2.32 bits per heavy atom. The fourth-order valence-corrected chi connectivity index (χ4v) is 1.62. The molecule has 8 nitrogen and oxygen atoms in total. The van der Waals surface area contributed by atoms with Gasteiger partial charge in [-0.3, -0.25) is 19.7 Å². The number of imide groups is 1. The van der Waals surface area contributed by atoms with E-state index in [1.54, 1.807) is 0 Å². The number of carboxylic acid groups (broad SMARTS) is 1. The molecule has 0 spiro atoms. The third-order valence-corrected chi connectivity index (χ3v) is 2.42. The van der Waals surface area contributed by atoms with Gasteiger partial charge in [-0.25, -0.2) is 9.78 Å². The zero-order valence-electron chi connectivity index (χ0n) is 9.62. The summed E-state index contributed by atoms with van der Waals surface area (Å²) in [6, 6.07) is 3.94. The maximum absolute atomic E-state index is 12.0. The second-order valence-electron chi connectivity index (χ2n) is 3.85. The third kappa shape index (κ3) is 2.73. The second kappa shape index (κ2) is 4.84. The van der Waals surface area contributed by atoms with E-state index in [0.29, 0.717) is 0 Å². The van der Waals surface area contributed by atoms with Crippen molar-refractivity contribution < 1.29 is 24.3 Å². The normalized spacial score (nSPS) is 15.1. The highest BCUT2D eigenvalue weighted by atomic mass is 16.4. The van der Waals surface area contributed by atoms with E-state index in [1.165, 1.54) is 18.2 Å². The molecule has 0 bridgehead atoms. The molecule has 8 heteroatoms. The first-order valence-corrected chi connectivity index (χ1v) is 5.29. The largest absolute Gasteiger partial charge is 0.477 e. The third-order valence-electron chi connectivity index (χ3n) is 2.42. The molecule has 1 aromatic heterocycles. The van der Waals surface area contributed by atoms with Crippen LogP contribution in [0.25, 0.3) is 0 Å². The maximum Gasteiger partial charge on any atom is 0.354 e. The van der Waals surface area contributed by atoms with Gasteiger partial charge < -0.3 is 10.0 Å². The summed E-state index contributed by atoms with van der Waals surface area (Å²) >= 11 is 0. The van der Waals surface area contributed by atoms with Gasteiger partial charge in [0.2, 0.25) is 11.8 Å². The summed E-state index contributed by atoms with van der Waals surface area (Å²) in [7, 11) is 0. The van der Waals surface area contributed by atoms with Crippen LogP contribution in [0.1, 0.15) is 21.0 Å². The topological polar surface area (TPSA) is 117 Å². The highest BCUT2D eigenvalue weighted by molar-refractivity contribution is 6.05. The molecular formula is C11H9N3O5. The van der Waals surface area contributed by atoms with Gasteiger partial charge in [0, 0.05) is 0 Å². The van der Waals surface area contributed by atoms with Gasteiger partial charge in [-0.15, -0.1) is 0 Å². The van der Waals surface area contributed by atoms with E-state index in [4.69, 9.17) is 5.11 Å². The molecule has 0 atom stereocenters. The van der Waals surface area contributed by atoms with E-state index >= 15 is 0 Å². The monoisotopic (exact) mass is 263 g/mol. The first-order chi connectivity index (χ1) is 8.97. The SMILES string of the molecule is O=C1CN(C(=O)c2cccc(C(=O)O)n2)CC(=O)N1. The Labute approximate surface area is 107 Å². The number of aromatic carboxylic acids is 1. The Morgan fingerprint density at radius 1 is 1.16 bits per heavy atom. The van der Waals surface area contributed by atoms with Crippen molar-refractivity contribution in [3.8, 4) is 0 Å². The van der Waals surface area contributed by atoms with Gasteiger partial charge in [-0.05, 0) is 12.1 Å². The van der Waals surface area contributed by atoms with Gasteiger partial charge in [0.25, 0.3) is 5.91 Å². The van der Waals surface area contributed by atoms with E-state index in [0.717, 1.165) is 4.90 Å². The lowest BCUT2D eigenvalue weighted by molar-refractivity contribution is -0.135. The molecule has 1 saturated heterocycles. The molecule has 1 aliphatic rings. The molecule has 0 saturated carbocycles. The minimum absolute atomic E-state index is 0.123. The van der Waals surface area contributed by atoms with E-state index in [2.05, 4.69) is 10.3 Å². The Hall–Kier alpha value is -2.77. The van der Waals surface area contributed by atoms with Gasteiger partial charge in [0.1, 0.15) is 24.5 Å². The Bertz CT molecular complexity index is 567. The molecule has 3 amide bonds. The number of aromatic nitrogens is 1. The van der Waals surface area contributed by atoms with Crippen molar-refractivity contribution in [3.05, 3.63) is 29.6 Å². The molecule has 1 fully saturated rings. The minimum Gasteiger partial charge on any atom is -0.477 e. The van der Waals surface area contributed by atoms with Crippen molar-refractivity contribution in [1.29, 1.82) is 0 Å². The molecule has 2 rings (SSSR count). The van der Waals surface area contributed by atoms with Gasteiger partial charge >= 0.3 is 5.97 Å². The summed E-state index contributed by atoms with van der Waals surface area (Å²) in [5.41, 5.74) is -0.402. The number of nitrogens with one attached hydrogen (secondary N) is 1. The van der Waals surface area contributed by atoms with E-state index in [9.17, 15) is 19.2 Å². The van der Waals surface area contributed by atoms with E-state index < -0.39 is 23.7 Å². The predicted octanol–water partition coefficient (Wildman–Crippen LogP) is -1.12. The number of carbonyl (C=O) groups is 4. The molecule has 19 heavy (non-hydrogen) atoms. The number of hydrogen-bond donors (Lipinski definition) is 2. The molecule has 0 aromatic carbocycles. The van der Waals surface area contributed by atoms with Crippen LogP contribution in [0.4, 0.5) is 0 Å². The molecule has 1 aromatic rings. The van der Waals surface area contributed by atoms with Gasteiger partial charge in [0.15, 0.2) is 0 Å². The summed E-state index contributed by atoms with van der Waals surface area (Å²) in [5.74, 6) is -3.09. The van der Waals surface area contributed by atoms with Crippen molar-refractivity contribution in [1.82, 2.24) is 15.2 Å². The van der Waals surface area contributed by atoms with E-state index in [1.807, 2.05) is 0 Å². The van der Waals surface area contributed by atoms with E-state index in [-0.39, 0.29) is 24.5 Å². The lowest BCUT2D eigenvalue weighted by Crippen LogP contribution is -2.53. The summed E-state index contributed by atoms with van der Waals surface area (Å²) in [6.07, 6.45) is 0. The van der Waals surface area contributed by atoms with Crippen LogP contribution in [0.2, 0.25) is 0 Å². The number of carbonyl (C=O) groups excluding carboxylic acids is 3. The molecule has 2 N–H and O–H groups in total. The van der Waals surface area contributed by atoms with Crippen molar-refractivity contribution >= 4 is 23.7 Å². The fraction of sp³-hybridized carbons (Fsp3) is 0.182.